The van der Waals surface area contributed by atoms with Gasteiger partial charge in [0.1, 0.15) is 18.0 Å². The van der Waals surface area contributed by atoms with Crippen LogP contribution in [-0.2, 0) is 14.8 Å². The minimum absolute atomic E-state index is 0.316. The van der Waals surface area contributed by atoms with Crippen molar-refractivity contribution < 1.29 is 22.7 Å². The van der Waals surface area contributed by atoms with Crippen molar-refractivity contribution in [3.8, 4) is 5.75 Å². The molecule has 1 fully saturated rings. The number of benzene rings is 1. The zero-order valence-electron chi connectivity index (χ0n) is 17.9. The van der Waals surface area contributed by atoms with Gasteiger partial charge in [-0.2, -0.15) is 0 Å². The second-order valence-electron chi connectivity index (χ2n) is 7.94. The number of ether oxygens (including phenoxy) is 2. The van der Waals surface area contributed by atoms with Crippen LogP contribution in [-0.4, -0.2) is 81.5 Å². The fraction of sp³-hybridized carbons (Fsp3) is 0.579. The maximum absolute atomic E-state index is 12.1. The van der Waals surface area contributed by atoms with Crippen LogP contribution in [0, 0.1) is 0 Å². The Labute approximate surface area is 178 Å². The van der Waals surface area contributed by atoms with E-state index in [-0.39, 0.29) is 6.09 Å². The number of amides is 1. The average Bonchev–Trinajstić information content (AvgIpc) is 2.64. The molecule has 0 atom stereocenters. The summed E-state index contributed by atoms with van der Waals surface area (Å²) in [5.74, 6) is 1.02. The van der Waals surface area contributed by atoms with Crippen LogP contribution in [0.2, 0.25) is 0 Å². The fourth-order valence-electron chi connectivity index (χ4n) is 2.70. The summed E-state index contributed by atoms with van der Waals surface area (Å²) < 4.78 is 35.8. The average molecular weight is 442 g/mol. The van der Waals surface area contributed by atoms with Crippen molar-refractivity contribution in [2.24, 2.45) is 10.7 Å². The minimum atomic E-state index is -3.30. The van der Waals surface area contributed by atoms with Crippen molar-refractivity contribution in [2.45, 2.75) is 26.4 Å². The smallest absolute Gasteiger partial charge is 0.410 e. The summed E-state index contributed by atoms with van der Waals surface area (Å²) >= 11 is 0. The molecule has 168 valence electrons. The summed E-state index contributed by atoms with van der Waals surface area (Å²) in [6.45, 7) is 8.45. The summed E-state index contributed by atoms with van der Waals surface area (Å²) in [5.41, 5.74) is 6.01. The molecule has 1 aromatic rings. The highest BCUT2D eigenvalue weighted by atomic mass is 32.2. The molecule has 1 aliphatic rings. The summed E-state index contributed by atoms with van der Waals surface area (Å²) in [5, 5.41) is 0. The van der Waals surface area contributed by atoms with E-state index in [9.17, 15) is 13.2 Å². The zero-order chi connectivity index (χ0) is 22.4. The first-order valence-electron chi connectivity index (χ1n) is 9.66. The van der Waals surface area contributed by atoms with Crippen molar-refractivity contribution in [3.63, 3.8) is 0 Å². The molecule has 1 aromatic carbocycles. The zero-order valence-corrected chi connectivity index (χ0v) is 18.7. The first-order valence-corrected chi connectivity index (χ1v) is 11.6. The number of sulfonamides is 1. The lowest BCUT2D eigenvalue weighted by Gasteiger charge is -2.36. The first-order chi connectivity index (χ1) is 13.9. The normalized spacial score (nSPS) is 15.7. The largest absolute Gasteiger partial charge is 0.492 e. The predicted octanol–water partition coefficient (Wildman–Crippen LogP) is 1.30. The van der Waals surface area contributed by atoms with E-state index in [0.29, 0.717) is 56.7 Å². The van der Waals surface area contributed by atoms with Gasteiger partial charge in [0, 0.05) is 31.9 Å². The Morgan fingerprint density at radius 3 is 2.23 bits per heavy atom. The van der Waals surface area contributed by atoms with Gasteiger partial charge in [-0.1, -0.05) is 0 Å². The van der Waals surface area contributed by atoms with Crippen LogP contribution in [0.4, 0.5) is 10.5 Å². The topological polar surface area (TPSA) is 127 Å². The van der Waals surface area contributed by atoms with Crippen LogP contribution < -0.4 is 15.2 Å². The van der Waals surface area contributed by atoms with E-state index in [0.717, 1.165) is 6.26 Å². The van der Waals surface area contributed by atoms with E-state index in [4.69, 9.17) is 15.2 Å². The van der Waals surface area contributed by atoms with Gasteiger partial charge < -0.3 is 25.0 Å². The third-order valence-electron chi connectivity index (χ3n) is 4.05. The molecule has 2 rings (SSSR count). The molecule has 0 saturated carbocycles. The molecular formula is C19H31N5O5S. The van der Waals surface area contributed by atoms with Gasteiger partial charge in [0.05, 0.1) is 12.8 Å². The third-order valence-corrected chi connectivity index (χ3v) is 4.65. The SMILES string of the molecule is CC(C)(C)OC(=O)N1CCN(C(N)=NCCOc2ccc(NS(C)(=O)=O)cc2)CC1. The van der Waals surface area contributed by atoms with Crippen LogP contribution in [0.5, 0.6) is 5.75 Å². The summed E-state index contributed by atoms with van der Waals surface area (Å²) in [4.78, 5) is 20.0. The van der Waals surface area contributed by atoms with Crippen molar-refractivity contribution in [3.05, 3.63) is 24.3 Å². The molecule has 1 aliphatic heterocycles. The highest BCUT2D eigenvalue weighted by Gasteiger charge is 2.26. The van der Waals surface area contributed by atoms with Gasteiger partial charge in [-0.3, -0.25) is 4.72 Å². The van der Waals surface area contributed by atoms with Crippen LogP contribution in [0.25, 0.3) is 0 Å². The lowest BCUT2D eigenvalue weighted by molar-refractivity contribution is 0.0186. The Morgan fingerprint density at radius 2 is 1.70 bits per heavy atom. The number of piperazine rings is 1. The van der Waals surface area contributed by atoms with E-state index in [1.807, 2.05) is 25.7 Å². The molecule has 0 spiro atoms. The molecule has 0 unspecified atom stereocenters. The number of carbonyl (C=O) groups excluding carboxylic acids is 1. The van der Waals surface area contributed by atoms with E-state index in [1.54, 1.807) is 29.2 Å². The molecule has 10 nitrogen and oxygen atoms in total. The molecule has 1 amide bonds. The van der Waals surface area contributed by atoms with Gasteiger partial charge in [-0.05, 0) is 45.0 Å². The fourth-order valence-corrected chi connectivity index (χ4v) is 3.27. The predicted molar refractivity (Wildman–Crippen MR) is 116 cm³/mol. The quantitative estimate of drug-likeness (QED) is 0.387. The van der Waals surface area contributed by atoms with E-state index < -0.39 is 15.6 Å². The monoisotopic (exact) mass is 441 g/mol. The number of rotatable bonds is 6. The third kappa shape index (κ3) is 8.36. The lowest BCUT2D eigenvalue weighted by atomic mass is 10.2. The molecule has 1 heterocycles. The molecule has 0 aliphatic carbocycles. The lowest BCUT2D eigenvalue weighted by Crippen LogP contribution is -2.53. The van der Waals surface area contributed by atoms with Gasteiger partial charge in [0.25, 0.3) is 0 Å². The van der Waals surface area contributed by atoms with Gasteiger partial charge >= 0.3 is 6.09 Å². The number of nitrogens with one attached hydrogen (secondary N) is 1. The maximum Gasteiger partial charge on any atom is 0.410 e. The Balaban J connectivity index is 1.73. The second-order valence-corrected chi connectivity index (χ2v) is 9.69. The van der Waals surface area contributed by atoms with Crippen molar-refractivity contribution in [1.29, 1.82) is 0 Å². The molecule has 0 radical (unpaired) electrons. The van der Waals surface area contributed by atoms with Crippen LogP contribution in [0.1, 0.15) is 20.8 Å². The number of nitrogens with two attached hydrogens (primary N) is 1. The standard InChI is InChI=1S/C19H31N5O5S/c1-19(2,3)29-18(25)24-12-10-23(11-13-24)17(20)21-9-14-28-16-7-5-15(6-8-16)22-30(4,26)27/h5-8,22H,9-14H2,1-4H3,(H2,20,21). The number of hydrogen-bond donors (Lipinski definition) is 2. The van der Waals surface area contributed by atoms with Gasteiger partial charge in [0.2, 0.25) is 10.0 Å². The number of nitrogens with zero attached hydrogens (tertiary/aromatic N) is 3. The number of carbonyl (C=O) groups is 1. The second kappa shape index (κ2) is 9.88. The Morgan fingerprint density at radius 1 is 1.13 bits per heavy atom. The molecule has 11 heteroatoms. The van der Waals surface area contributed by atoms with E-state index >= 15 is 0 Å². The first kappa shape index (κ1) is 23.6. The number of hydrogen-bond acceptors (Lipinski definition) is 6. The Hall–Kier alpha value is -2.69. The van der Waals surface area contributed by atoms with Crippen molar-refractivity contribution in [2.75, 3.05) is 50.3 Å². The van der Waals surface area contributed by atoms with Crippen molar-refractivity contribution in [1.82, 2.24) is 9.80 Å². The molecule has 0 aromatic heterocycles. The summed E-state index contributed by atoms with van der Waals surface area (Å²) in [7, 11) is -3.30. The molecule has 3 N–H and O–H groups in total. The van der Waals surface area contributed by atoms with E-state index in [1.165, 1.54) is 0 Å². The number of anilines is 1. The molecule has 0 bridgehead atoms. The van der Waals surface area contributed by atoms with Gasteiger partial charge in [0.15, 0.2) is 5.96 Å². The summed E-state index contributed by atoms with van der Waals surface area (Å²) in [6, 6.07) is 6.60. The maximum atomic E-state index is 12.1. The molecular weight excluding hydrogens is 410 g/mol. The van der Waals surface area contributed by atoms with Crippen LogP contribution >= 0.6 is 0 Å². The Kier molecular flexibility index (Phi) is 7.77. The van der Waals surface area contributed by atoms with Gasteiger partial charge in [-0.25, -0.2) is 18.2 Å². The summed E-state index contributed by atoms with van der Waals surface area (Å²) in [6.07, 6.45) is 0.779. The Bertz CT molecular complexity index is 841. The molecule has 1 saturated heterocycles. The molecule has 30 heavy (non-hydrogen) atoms. The highest BCUT2D eigenvalue weighted by molar-refractivity contribution is 7.92. The van der Waals surface area contributed by atoms with Crippen molar-refractivity contribution >= 4 is 27.8 Å². The van der Waals surface area contributed by atoms with Gasteiger partial charge in [-0.15, -0.1) is 0 Å². The number of guanidine groups is 1. The van der Waals surface area contributed by atoms with E-state index in [2.05, 4.69) is 9.71 Å². The van der Waals surface area contributed by atoms with Crippen LogP contribution in [0.3, 0.4) is 0 Å². The number of aliphatic imine (C=N–C) groups is 1. The minimum Gasteiger partial charge on any atom is -0.492 e. The highest BCUT2D eigenvalue weighted by Crippen LogP contribution is 2.16. The van der Waals surface area contributed by atoms with Crippen LogP contribution in [0.15, 0.2) is 29.3 Å².